The minimum atomic E-state index is -1.06. The second-order valence-corrected chi connectivity index (χ2v) is 6.54. The van der Waals surface area contributed by atoms with E-state index in [0.717, 1.165) is 12.0 Å². The zero-order valence-corrected chi connectivity index (χ0v) is 14.3. The standard InChI is InChI=1S/C19H20ClNO3/c1-24-17-5-2-4-15(12-17)19(23)10-3-11-21(13-19)18(22)14-6-8-16(20)9-7-14/h2,4-9,12,23H,3,10-11,13H2,1H3. The Morgan fingerprint density at radius 3 is 2.71 bits per heavy atom. The summed E-state index contributed by atoms with van der Waals surface area (Å²) in [4.78, 5) is 14.4. The van der Waals surface area contributed by atoms with Crippen molar-refractivity contribution in [2.75, 3.05) is 20.2 Å². The number of ether oxygens (including phenoxy) is 1. The van der Waals surface area contributed by atoms with Crippen LogP contribution in [0.15, 0.2) is 48.5 Å². The molecule has 3 rings (SSSR count). The highest BCUT2D eigenvalue weighted by Crippen LogP contribution is 2.33. The van der Waals surface area contributed by atoms with Gasteiger partial charge in [0.1, 0.15) is 11.4 Å². The van der Waals surface area contributed by atoms with Gasteiger partial charge in [-0.05, 0) is 54.8 Å². The van der Waals surface area contributed by atoms with Gasteiger partial charge in [0.2, 0.25) is 0 Å². The van der Waals surface area contributed by atoms with Gasteiger partial charge in [-0.2, -0.15) is 0 Å². The molecule has 1 N–H and O–H groups in total. The van der Waals surface area contributed by atoms with Gasteiger partial charge in [-0.25, -0.2) is 0 Å². The lowest BCUT2D eigenvalue weighted by Gasteiger charge is -2.39. The van der Waals surface area contributed by atoms with Gasteiger partial charge in [-0.1, -0.05) is 23.7 Å². The highest BCUT2D eigenvalue weighted by molar-refractivity contribution is 6.30. The first kappa shape index (κ1) is 16.8. The fraction of sp³-hybridized carbons (Fsp3) is 0.316. The lowest BCUT2D eigenvalue weighted by Crippen LogP contribution is -2.48. The van der Waals surface area contributed by atoms with E-state index >= 15 is 0 Å². The summed E-state index contributed by atoms with van der Waals surface area (Å²) < 4.78 is 5.24. The van der Waals surface area contributed by atoms with E-state index in [2.05, 4.69) is 0 Å². The van der Waals surface area contributed by atoms with Gasteiger partial charge < -0.3 is 14.7 Å². The molecule has 1 unspecified atom stereocenters. The van der Waals surface area contributed by atoms with Crippen LogP contribution in [0.5, 0.6) is 5.75 Å². The first-order valence-electron chi connectivity index (χ1n) is 7.93. The van der Waals surface area contributed by atoms with Crippen LogP contribution in [0.1, 0.15) is 28.8 Å². The van der Waals surface area contributed by atoms with E-state index in [4.69, 9.17) is 16.3 Å². The summed E-state index contributed by atoms with van der Waals surface area (Å²) in [6, 6.07) is 14.2. The van der Waals surface area contributed by atoms with Gasteiger partial charge in [0, 0.05) is 17.1 Å². The lowest BCUT2D eigenvalue weighted by atomic mass is 9.85. The number of benzene rings is 2. The SMILES string of the molecule is COc1cccc(C2(O)CCCN(C(=O)c3ccc(Cl)cc3)C2)c1. The van der Waals surface area contributed by atoms with Gasteiger partial charge in [-0.3, -0.25) is 4.79 Å². The van der Waals surface area contributed by atoms with Crippen molar-refractivity contribution in [3.8, 4) is 5.75 Å². The Labute approximate surface area is 146 Å². The molecule has 5 heteroatoms. The van der Waals surface area contributed by atoms with E-state index < -0.39 is 5.60 Å². The molecule has 0 radical (unpaired) electrons. The maximum Gasteiger partial charge on any atom is 0.253 e. The van der Waals surface area contributed by atoms with Crippen molar-refractivity contribution in [3.05, 3.63) is 64.7 Å². The fourth-order valence-electron chi connectivity index (χ4n) is 3.13. The number of carbonyl (C=O) groups excluding carboxylic acids is 1. The number of nitrogens with zero attached hydrogens (tertiary/aromatic N) is 1. The molecule has 1 heterocycles. The summed E-state index contributed by atoms with van der Waals surface area (Å²) in [5.41, 5.74) is 0.291. The molecule has 1 fully saturated rings. The number of rotatable bonds is 3. The van der Waals surface area contributed by atoms with Crippen molar-refractivity contribution in [3.63, 3.8) is 0 Å². The van der Waals surface area contributed by atoms with Crippen LogP contribution in [-0.2, 0) is 5.60 Å². The van der Waals surface area contributed by atoms with Crippen LogP contribution in [0.25, 0.3) is 0 Å². The molecule has 0 saturated carbocycles. The molecule has 1 atom stereocenters. The Morgan fingerprint density at radius 2 is 2.00 bits per heavy atom. The minimum absolute atomic E-state index is 0.0901. The molecule has 0 spiro atoms. The van der Waals surface area contributed by atoms with Gasteiger partial charge in [-0.15, -0.1) is 0 Å². The van der Waals surface area contributed by atoms with Crippen LogP contribution >= 0.6 is 11.6 Å². The highest BCUT2D eigenvalue weighted by Gasteiger charge is 2.37. The number of halogens is 1. The molecule has 0 bridgehead atoms. The third kappa shape index (κ3) is 3.40. The van der Waals surface area contributed by atoms with E-state index in [-0.39, 0.29) is 12.5 Å². The van der Waals surface area contributed by atoms with Crippen molar-refractivity contribution in [1.82, 2.24) is 4.90 Å². The molecule has 0 aliphatic carbocycles. The zero-order chi connectivity index (χ0) is 17.2. The van der Waals surface area contributed by atoms with Crippen LogP contribution in [0.3, 0.4) is 0 Å². The van der Waals surface area contributed by atoms with E-state index in [1.807, 2.05) is 24.3 Å². The van der Waals surface area contributed by atoms with E-state index in [1.165, 1.54) is 0 Å². The normalized spacial score (nSPS) is 20.7. The summed E-state index contributed by atoms with van der Waals surface area (Å²) >= 11 is 5.88. The number of carbonyl (C=O) groups is 1. The first-order valence-corrected chi connectivity index (χ1v) is 8.31. The first-order chi connectivity index (χ1) is 11.5. The Balaban J connectivity index is 1.82. The fourth-order valence-corrected chi connectivity index (χ4v) is 3.26. The quantitative estimate of drug-likeness (QED) is 0.926. The van der Waals surface area contributed by atoms with Crippen LogP contribution < -0.4 is 4.74 Å². The van der Waals surface area contributed by atoms with Crippen molar-refractivity contribution >= 4 is 17.5 Å². The van der Waals surface area contributed by atoms with Gasteiger partial charge >= 0.3 is 0 Å². The van der Waals surface area contributed by atoms with Crippen LogP contribution in [0.4, 0.5) is 0 Å². The maximum atomic E-state index is 12.7. The molecule has 2 aromatic rings. The molecule has 1 aliphatic rings. The zero-order valence-electron chi connectivity index (χ0n) is 13.5. The van der Waals surface area contributed by atoms with Crippen molar-refractivity contribution in [2.45, 2.75) is 18.4 Å². The van der Waals surface area contributed by atoms with Crippen LogP contribution in [0, 0.1) is 0 Å². The number of amides is 1. The second-order valence-electron chi connectivity index (χ2n) is 6.10. The molecular formula is C19H20ClNO3. The lowest BCUT2D eigenvalue weighted by molar-refractivity contribution is -0.0290. The molecule has 4 nitrogen and oxygen atoms in total. The van der Waals surface area contributed by atoms with Crippen molar-refractivity contribution < 1.29 is 14.6 Å². The molecule has 1 amide bonds. The monoisotopic (exact) mass is 345 g/mol. The van der Waals surface area contributed by atoms with Crippen molar-refractivity contribution in [2.24, 2.45) is 0 Å². The average Bonchev–Trinajstić information content (AvgIpc) is 2.62. The topological polar surface area (TPSA) is 49.8 Å². The van der Waals surface area contributed by atoms with Gasteiger partial charge in [0.15, 0.2) is 0 Å². The second kappa shape index (κ2) is 6.83. The summed E-state index contributed by atoms with van der Waals surface area (Å²) in [5, 5.41) is 11.7. The number of hydrogen-bond donors (Lipinski definition) is 1. The third-order valence-corrected chi connectivity index (χ3v) is 4.71. The summed E-state index contributed by atoms with van der Waals surface area (Å²) in [5.74, 6) is 0.606. The molecule has 1 saturated heterocycles. The number of β-amino-alcohol motifs (C(OH)–C–C–N with tert-alkyl or cyclic N) is 1. The maximum absolute atomic E-state index is 12.7. The largest absolute Gasteiger partial charge is 0.497 e. The van der Waals surface area contributed by atoms with Crippen LogP contribution in [-0.4, -0.2) is 36.1 Å². The molecule has 2 aromatic carbocycles. The third-order valence-electron chi connectivity index (χ3n) is 4.46. The summed E-state index contributed by atoms with van der Waals surface area (Å²) in [6.45, 7) is 0.898. The molecule has 126 valence electrons. The predicted octanol–water partition coefficient (Wildman–Crippen LogP) is 3.47. The number of aliphatic hydroxyl groups is 1. The summed E-state index contributed by atoms with van der Waals surface area (Å²) in [6.07, 6.45) is 1.36. The molecule has 1 aliphatic heterocycles. The number of hydrogen-bond acceptors (Lipinski definition) is 3. The van der Waals surface area contributed by atoms with Gasteiger partial charge in [0.25, 0.3) is 5.91 Å². The molecular weight excluding hydrogens is 326 g/mol. The minimum Gasteiger partial charge on any atom is -0.497 e. The Hall–Kier alpha value is -2.04. The van der Waals surface area contributed by atoms with Crippen LogP contribution in [0.2, 0.25) is 5.02 Å². The van der Waals surface area contributed by atoms with Gasteiger partial charge in [0.05, 0.1) is 13.7 Å². The Kier molecular flexibility index (Phi) is 4.78. The number of methoxy groups -OCH3 is 1. The summed E-state index contributed by atoms with van der Waals surface area (Å²) in [7, 11) is 1.60. The Bertz CT molecular complexity index is 732. The van der Waals surface area contributed by atoms with E-state index in [1.54, 1.807) is 36.3 Å². The smallest absolute Gasteiger partial charge is 0.253 e. The Morgan fingerprint density at radius 1 is 1.25 bits per heavy atom. The molecule has 24 heavy (non-hydrogen) atoms. The highest BCUT2D eigenvalue weighted by atomic mass is 35.5. The molecule has 0 aromatic heterocycles. The van der Waals surface area contributed by atoms with E-state index in [0.29, 0.717) is 29.3 Å². The number of piperidine rings is 1. The van der Waals surface area contributed by atoms with Crippen molar-refractivity contribution in [1.29, 1.82) is 0 Å². The average molecular weight is 346 g/mol. The predicted molar refractivity (Wildman–Crippen MR) is 93.5 cm³/mol. The van der Waals surface area contributed by atoms with E-state index in [9.17, 15) is 9.90 Å². The number of likely N-dealkylation sites (tertiary alicyclic amines) is 1.